The summed E-state index contributed by atoms with van der Waals surface area (Å²) in [6.45, 7) is 5.30. The summed E-state index contributed by atoms with van der Waals surface area (Å²) in [6.07, 6.45) is -0.715. The Bertz CT molecular complexity index is 487. The van der Waals surface area contributed by atoms with Crippen LogP contribution in [-0.2, 0) is 9.59 Å². The van der Waals surface area contributed by atoms with Crippen LogP contribution in [0.2, 0.25) is 5.02 Å². The highest BCUT2D eigenvalue weighted by Crippen LogP contribution is 2.17. The van der Waals surface area contributed by atoms with Crippen LogP contribution in [0.15, 0.2) is 24.3 Å². The van der Waals surface area contributed by atoms with E-state index in [4.69, 9.17) is 21.4 Å². The van der Waals surface area contributed by atoms with Crippen molar-refractivity contribution in [2.45, 2.75) is 26.9 Å². The van der Waals surface area contributed by atoms with Crippen LogP contribution in [0.4, 0.5) is 0 Å². The third-order valence-electron chi connectivity index (χ3n) is 3.11. The zero-order valence-corrected chi connectivity index (χ0v) is 13.1. The van der Waals surface area contributed by atoms with E-state index in [1.54, 1.807) is 45.0 Å². The lowest BCUT2D eigenvalue weighted by atomic mass is 9.96. The molecule has 6 heteroatoms. The number of nitrogens with one attached hydrogen (secondary N) is 1. The summed E-state index contributed by atoms with van der Waals surface area (Å²) in [5.74, 6) is -1.42. The Kier molecular flexibility index (Phi) is 6.49. The van der Waals surface area contributed by atoms with Gasteiger partial charge in [0.25, 0.3) is 5.91 Å². The molecule has 0 saturated carbocycles. The van der Waals surface area contributed by atoms with E-state index in [1.165, 1.54) is 0 Å². The molecule has 2 atom stereocenters. The molecular weight excluding hydrogens is 294 g/mol. The molecule has 116 valence electrons. The molecule has 1 amide bonds. The van der Waals surface area contributed by atoms with Crippen LogP contribution in [0.5, 0.6) is 5.75 Å². The average molecular weight is 314 g/mol. The molecule has 0 aliphatic rings. The zero-order valence-electron chi connectivity index (χ0n) is 12.3. The Labute approximate surface area is 129 Å². The van der Waals surface area contributed by atoms with Gasteiger partial charge in [0, 0.05) is 11.6 Å². The van der Waals surface area contributed by atoms with Crippen molar-refractivity contribution in [3.8, 4) is 5.75 Å². The summed E-state index contributed by atoms with van der Waals surface area (Å²) in [7, 11) is 0. The van der Waals surface area contributed by atoms with Gasteiger partial charge in [-0.3, -0.25) is 9.59 Å². The van der Waals surface area contributed by atoms with Crippen molar-refractivity contribution in [2.75, 3.05) is 6.54 Å². The highest BCUT2D eigenvalue weighted by atomic mass is 35.5. The SMILES string of the molecule is CC(Oc1ccc(Cl)cc1)C(=O)NCC(C(=O)O)C(C)C. The Hall–Kier alpha value is -1.75. The first-order valence-electron chi connectivity index (χ1n) is 6.74. The van der Waals surface area contributed by atoms with E-state index < -0.39 is 18.0 Å². The second kappa shape index (κ2) is 7.88. The number of halogens is 1. The molecule has 0 spiro atoms. The van der Waals surface area contributed by atoms with Gasteiger partial charge in [0.1, 0.15) is 5.75 Å². The van der Waals surface area contributed by atoms with Crippen molar-refractivity contribution < 1.29 is 19.4 Å². The van der Waals surface area contributed by atoms with Crippen molar-refractivity contribution in [2.24, 2.45) is 11.8 Å². The van der Waals surface area contributed by atoms with Gasteiger partial charge in [-0.25, -0.2) is 0 Å². The fourth-order valence-corrected chi connectivity index (χ4v) is 1.86. The smallest absolute Gasteiger partial charge is 0.308 e. The molecule has 1 aromatic carbocycles. The van der Waals surface area contributed by atoms with Crippen LogP contribution in [0.25, 0.3) is 0 Å². The molecule has 0 aliphatic heterocycles. The van der Waals surface area contributed by atoms with Crippen molar-refractivity contribution in [3.63, 3.8) is 0 Å². The standard InChI is InChI=1S/C15H20ClNO4/c1-9(2)13(15(19)20)8-17-14(18)10(3)21-12-6-4-11(16)5-7-12/h4-7,9-10,13H,8H2,1-3H3,(H,17,18)(H,19,20). The Balaban J connectivity index is 2.51. The summed E-state index contributed by atoms with van der Waals surface area (Å²) in [5, 5.41) is 12.3. The monoisotopic (exact) mass is 313 g/mol. The number of hydrogen-bond donors (Lipinski definition) is 2. The summed E-state index contributed by atoms with van der Waals surface area (Å²) in [6, 6.07) is 6.67. The van der Waals surface area contributed by atoms with Crippen LogP contribution < -0.4 is 10.1 Å². The average Bonchev–Trinajstić information content (AvgIpc) is 2.40. The van der Waals surface area contributed by atoms with Crippen LogP contribution in [-0.4, -0.2) is 29.6 Å². The van der Waals surface area contributed by atoms with Crippen LogP contribution >= 0.6 is 11.6 Å². The normalized spacial score (nSPS) is 13.6. The minimum absolute atomic E-state index is 0.0599. The lowest BCUT2D eigenvalue weighted by molar-refractivity contribution is -0.143. The quantitative estimate of drug-likeness (QED) is 0.811. The molecule has 2 N–H and O–H groups in total. The maximum absolute atomic E-state index is 11.9. The van der Waals surface area contributed by atoms with E-state index >= 15 is 0 Å². The van der Waals surface area contributed by atoms with E-state index in [-0.39, 0.29) is 18.4 Å². The van der Waals surface area contributed by atoms with Gasteiger partial charge >= 0.3 is 5.97 Å². The summed E-state index contributed by atoms with van der Waals surface area (Å²) >= 11 is 5.76. The number of carboxylic acid groups (broad SMARTS) is 1. The largest absolute Gasteiger partial charge is 0.481 e. The highest BCUT2D eigenvalue weighted by molar-refractivity contribution is 6.30. The minimum Gasteiger partial charge on any atom is -0.481 e. The van der Waals surface area contributed by atoms with Crippen molar-refractivity contribution in [3.05, 3.63) is 29.3 Å². The second-order valence-corrected chi connectivity index (χ2v) is 5.58. The summed E-state index contributed by atoms with van der Waals surface area (Å²) in [4.78, 5) is 23.0. The molecule has 1 rings (SSSR count). The van der Waals surface area contributed by atoms with Crippen LogP contribution in [0.1, 0.15) is 20.8 Å². The van der Waals surface area contributed by atoms with E-state index in [2.05, 4.69) is 5.32 Å². The third kappa shape index (κ3) is 5.63. The fraction of sp³-hybridized carbons (Fsp3) is 0.467. The predicted octanol–water partition coefficient (Wildman–Crippen LogP) is 2.58. The second-order valence-electron chi connectivity index (χ2n) is 5.15. The molecule has 0 radical (unpaired) electrons. The molecule has 0 heterocycles. The minimum atomic E-state index is -0.920. The third-order valence-corrected chi connectivity index (χ3v) is 3.37. The topological polar surface area (TPSA) is 75.6 Å². The van der Waals surface area contributed by atoms with Gasteiger partial charge in [0.2, 0.25) is 0 Å². The zero-order chi connectivity index (χ0) is 16.0. The first-order valence-corrected chi connectivity index (χ1v) is 7.11. The molecule has 0 aliphatic carbocycles. The molecule has 21 heavy (non-hydrogen) atoms. The number of ether oxygens (including phenoxy) is 1. The van der Waals surface area contributed by atoms with E-state index in [9.17, 15) is 9.59 Å². The first kappa shape index (κ1) is 17.3. The number of rotatable bonds is 7. The number of benzene rings is 1. The lowest BCUT2D eigenvalue weighted by Gasteiger charge is -2.19. The van der Waals surface area contributed by atoms with Crippen molar-refractivity contribution in [1.82, 2.24) is 5.32 Å². The van der Waals surface area contributed by atoms with E-state index in [0.29, 0.717) is 10.8 Å². The number of amides is 1. The first-order chi connectivity index (χ1) is 9.81. The predicted molar refractivity (Wildman–Crippen MR) is 80.5 cm³/mol. The molecular formula is C15H20ClNO4. The highest BCUT2D eigenvalue weighted by Gasteiger charge is 2.23. The molecule has 0 fully saturated rings. The van der Waals surface area contributed by atoms with Gasteiger partial charge in [-0.15, -0.1) is 0 Å². The molecule has 0 aromatic heterocycles. The van der Waals surface area contributed by atoms with Gasteiger partial charge in [-0.05, 0) is 37.1 Å². The fourth-order valence-electron chi connectivity index (χ4n) is 1.73. The molecule has 0 saturated heterocycles. The number of carboxylic acids is 1. The van der Waals surface area contributed by atoms with Crippen molar-refractivity contribution >= 4 is 23.5 Å². The molecule has 0 bridgehead atoms. The molecule has 1 aromatic rings. The number of hydrogen-bond acceptors (Lipinski definition) is 3. The maximum atomic E-state index is 11.9. The van der Waals surface area contributed by atoms with Gasteiger partial charge in [-0.1, -0.05) is 25.4 Å². The Morgan fingerprint density at radius 2 is 1.81 bits per heavy atom. The molecule has 5 nitrogen and oxygen atoms in total. The van der Waals surface area contributed by atoms with Gasteiger partial charge < -0.3 is 15.2 Å². The number of carbonyl (C=O) groups excluding carboxylic acids is 1. The van der Waals surface area contributed by atoms with Gasteiger partial charge in [-0.2, -0.15) is 0 Å². The van der Waals surface area contributed by atoms with E-state index in [0.717, 1.165) is 0 Å². The maximum Gasteiger partial charge on any atom is 0.308 e. The van der Waals surface area contributed by atoms with Gasteiger partial charge in [0.15, 0.2) is 6.10 Å². The van der Waals surface area contributed by atoms with Crippen LogP contribution in [0.3, 0.4) is 0 Å². The number of aliphatic carboxylic acids is 1. The van der Waals surface area contributed by atoms with Crippen LogP contribution in [0, 0.1) is 11.8 Å². The van der Waals surface area contributed by atoms with E-state index in [1.807, 2.05) is 0 Å². The van der Waals surface area contributed by atoms with Crippen molar-refractivity contribution in [1.29, 1.82) is 0 Å². The summed E-state index contributed by atoms with van der Waals surface area (Å²) in [5.41, 5.74) is 0. The Morgan fingerprint density at radius 1 is 1.24 bits per heavy atom. The van der Waals surface area contributed by atoms with Gasteiger partial charge in [0.05, 0.1) is 5.92 Å². The number of carbonyl (C=O) groups is 2. The Morgan fingerprint density at radius 3 is 2.29 bits per heavy atom. The lowest BCUT2D eigenvalue weighted by Crippen LogP contribution is -2.41. The molecule has 2 unspecified atom stereocenters. The summed E-state index contributed by atoms with van der Waals surface area (Å²) < 4.78 is 5.47.